The smallest absolute Gasteiger partial charge is 0.0808 e. The highest BCUT2D eigenvalue weighted by atomic mass is 35.5. The maximum absolute atomic E-state index is 9.11. The van der Waals surface area contributed by atoms with Gasteiger partial charge in [0.1, 0.15) is 0 Å². The van der Waals surface area contributed by atoms with E-state index in [2.05, 4.69) is 20.8 Å². The minimum atomic E-state index is 0. The second kappa shape index (κ2) is 21.5. The Balaban J connectivity index is 0. The summed E-state index contributed by atoms with van der Waals surface area (Å²) in [4.78, 5) is 0. The minimum absolute atomic E-state index is 0. The number of hydrogen-bond donors (Lipinski definition) is 1. The number of nitrogens with zero attached hydrogens (tertiary/aromatic N) is 1. The zero-order chi connectivity index (χ0) is 18.6. The number of halogens is 1. The molecule has 1 N–H and O–H groups in total. The summed E-state index contributed by atoms with van der Waals surface area (Å²) < 4.78 is 1.21. The lowest BCUT2D eigenvalue weighted by molar-refractivity contribution is -0.925. The van der Waals surface area contributed by atoms with E-state index in [1.807, 2.05) is 0 Å². The fourth-order valence-corrected chi connectivity index (χ4v) is 4.02. The summed E-state index contributed by atoms with van der Waals surface area (Å²) in [6.07, 6.45) is 21.0. The van der Waals surface area contributed by atoms with E-state index >= 15 is 0 Å². The molecule has 0 heterocycles. The topological polar surface area (TPSA) is 20.2 Å². The first-order chi connectivity index (χ1) is 12.2. The molecular formula is C23H50ClNO. The van der Waals surface area contributed by atoms with Gasteiger partial charge >= 0.3 is 0 Å². The van der Waals surface area contributed by atoms with Gasteiger partial charge in [-0.2, -0.15) is 0 Å². The molecule has 0 bridgehead atoms. The van der Waals surface area contributed by atoms with Gasteiger partial charge in [-0.1, -0.05) is 84.0 Å². The Morgan fingerprint density at radius 1 is 0.500 bits per heavy atom. The maximum Gasteiger partial charge on any atom is 0.0808 e. The van der Waals surface area contributed by atoms with Crippen molar-refractivity contribution >= 4 is 0 Å². The Hall–Kier alpha value is 0.210. The van der Waals surface area contributed by atoms with Crippen LogP contribution in [0.5, 0.6) is 0 Å². The lowest BCUT2D eigenvalue weighted by atomic mass is 10.0. The van der Waals surface area contributed by atoms with E-state index in [-0.39, 0.29) is 12.4 Å². The van der Waals surface area contributed by atoms with Crippen LogP contribution in [0, 0.1) is 0 Å². The van der Waals surface area contributed by atoms with Gasteiger partial charge < -0.3 is 22.0 Å². The monoisotopic (exact) mass is 391 g/mol. The van der Waals surface area contributed by atoms with Crippen LogP contribution in [0.4, 0.5) is 0 Å². The molecule has 0 aliphatic rings. The second-order valence-electron chi connectivity index (χ2n) is 8.09. The Morgan fingerprint density at radius 3 is 1.19 bits per heavy atom. The van der Waals surface area contributed by atoms with Crippen LogP contribution in [0.2, 0.25) is 0 Å². The van der Waals surface area contributed by atoms with Crippen LogP contribution >= 0.6 is 0 Å². The van der Waals surface area contributed by atoms with Crippen molar-refractivity contribution in [2.24, 2.45) is 0 Å². The van der Waals surface area contributed by atoms with Crippen LogP contribution in [0.15, 0.2) is 0 Å². The van der Waals surface area contributed by atoms with Crippen molar-refractivity contribution in [3.05, 3.63) is 0 Å². The molecule has 0 rings (SSSR count). The molecule has 0 aromatic rings. The van der Waals surface area contributed by atoms with Crippen molar-refractivity contribution in [1.29, 1.82) is 0 Å². The molecule has 0 aromatic carbocycles. The quantitative estimate of drug-likeness (QED) is 0.248. The Bertz CT molecular complexity index is 257. The van der Waals surface area contributed by atoms with Crippen molar-refractivity contribution in [2.45, 2.75) is 117 Å². The summed E-state index contributed by atoms with van der Waals surface area (Å²) in [5.41, 5.74) is 0. The normalized spacial score (nSPS) is 11.5. The van der Waals surface area contributed by atoms with Crippen LogP contribution in [0.25, 0.3) is 0 Å². The van der Waals surface area contributed by atoms with Crippen LogP contribution in [-0.4, -0.2) is 42.4 Å². The van der Waals surface area contributed by atoms with E-state index in [4.69, 9.17) is 5.11 Å². The predicted octanol–water partition coefficient (Wildman–Crippen LogP) is 3.71. The Morgan fingerprint density at radius 2 is 0.846 bits per heavy atom. The summed E-state index contributed by atoms with van der Waals surface area (Å²) in [6, 6.07) is 0. The summed E-state index contributed by atoms with van der Waals surface area (Å²) in [6.45, 7) is 12.2. The van der Waals surface area contributed by atoms with Crippen LogP contribution < -0.4 is 12.4 Å². The maximum atomic E-state index is 9.11. The minimum Gasteiger partial charge on any atom is -1.00 e. The summed E-state index contributed by atoms with van der Waals surface area (Å²) in [7, 11) is 0. The number of rotatable bonds is 20. The molecule has 0 unspecified atom stereocenters. The fourth-order valence-electron chi connectivity index (χ4n) is 4.02. The molecular weight excluding hydrogens is 342 g/mol. The lowest BCUT2D eigenvalue weighted by Gasteiger charge is -2.37. The first kappa shape index (κ1) is 28.4. The molecule has 0 aliphatic heterocycles. The van der Waals surface area contributed by atoms with Gasteiger partial charge in [-0.05, 0) is 26.7 Å². The molecule has 160 valence electrons. The van der Waals surface area contributed by atoms with E-state index < -0.39 is 0 Å². The fraction of sp³-hybridized carbons (Fsp3) is 1.00. The standard InChI is InChI=1S/C23H50NO.ClH/c1-4-7-8-9-10-11-12-13-14-15-16-17-18-19-21-24(5-2,6-3)22-20-23-25;/h25H,4-23H2,1-3H3;1H/q+1;/p-1. The first-order valence-electron chi connectivity index (χ1n) is 11.7. The van der Waals surface area contributed by atoms with Gasteiger partial charge in [-0.3, -0.25) is 0 Å². The third kappa shape index (κ3) is 16.4. The van der Waals surface area contributed by atoms with E-state index in [1.165, 1.54) is 114 Å². The van der Waals surface area contributed by atoms with Crippen molar-refractivity contribution in [3.8, 4) is 0 Å². The lowest BCUT2D eigenvalue weighted by Crippen LogP contribution is -3.00. The predicted molar refractivity (Wildman–Crippen MR) is 113 cm³/mol. The molecule has 0 atom stereocenters. The van der Waals surface area contributed by atoms with Gasteiger partial charge in [-0.15, -0.1) is 0 Å². The van der Waals surface area contributed by atoms with Gasteiger partial charge in [0.05, 0.1) is 26.2 Å². The number of unbranched alkanes of at least 4 members (excludes halogenated alkanes) is 13. The van der Waals surface area contributed by atoms with Crippen molar-refractivity contribution in [3.63, 3.8) is 0 Å². The molecule has 0 fully saturated rings. The molecule has 0 saturated heterocycles. The van der Waals surface area contributed by atoms with Crippen LogP contribution in [0.3, 0.4) is 0 Å². The van der Waals surface area contributed by atoms with E-state index in [9.17, 15) is 0 Å². The number of aliphatic hydroxyl groups is 1. The van der Waals surface area contributed by atoms with Gasteiger partial charge in [0.2, 0.25) is 0 Å². The SMILES string of the molecule is CCCCCCCCCCCCCCCC[N+](CC)(CC)CCCO.[Cl-]. The van der Waals surface area contributed by atoms with Crippen LogP contribution in [-0.2, 0) is 0 Å². The summed E-state index contributed by atoms with van der Waals surface area (Å²) >= 11 is 0. The van der Waals surface area contributed by atoms with E-state index in [1.54, 1.807) is 0 Å². The van der Waals surface area contributed by atoms with E-state index in [0.717, 1.165) is 13.0 Å². The number of quaternary nitrogens is 1. The molecule has 0 saturated carbocycles. The third-order valence-corrected chi connectivity index (χ3v) is 6.12. The number of hydrogen-bond acceptors (Lipinski definition) is 1. The van der Waals surface area contributed by atoms with E-state index in [0.29, 0.717) is 6.61 Å². The molecule has 0 radical (unpaired) electrons. The van der Waals surface area contributed by atoms with Crippen molar-refractivity contribution in [2.75, 3.05) is 32.8 Å². The van der Waals surface area contributed by atoms with Gasteiger partial charge in [0, 0.05) is 13.0 Å². The van der Waals surface area contributed by atoms with Crippen molar-refractivity contribution < 1.29 is 22.0 Å². The molecule has 26 heavy (non-hydrogen) atoms. The summed E-state index contributed by atoms with van der Waals surface area (Å²) in [5.74, 6) is 0. The Labute approximate surface area is 172 Å². The highest BCUT2D eigenvalue weighted by Gasteiger charge is 2.21. The molecule has 0 aliphatic carbocycles. The molecule has 0 amide bonds. The molecule has 2 nitrogen and oxygen atoms in total. The first-order valence-corrected chi connectivity index (χ1v) is 11.7. The highest BCUT2D eigenvalue weighted by Crippen LogP contribution is 2.15. The molecule has 0 aromatic heterocycles. The van der Waals surface area contributed by atoms with Crippen molar-refractivity contribution in [1.82, 2.24) is 0 Å². The zero-order valence-electron chi connectivity index (χ0n) is 18.4. The second-order valence-corrected chi connectivity index (χ2v) is 8.09. The molecule has 3 heteroatoms. The molecule has 0 spiro atoms. The van der Waals surface area contributed by atoms with Gasteiger partial charge in [-0.25, -0.2) is 0 Å². The Kier molecular flexibility index (Phi) is 23.5. The number of aliphatic hydroxyl groups excluding tert-OH is 1. The van der Waals surface area contributed by atoms with Gasteiger partial charge in [0.15, 0.2) is 0 Å². The zero-order valence-corrected chi connectivity index (χ0v) is 19.2. The highest BCUT2D eigenvalue weighted by molar-refractivity contribution is 4.50. The van der Waals surface area contributed by atoms with Crippen LogP contribution in [0.1, 0.15) is 117 Å². The summed E-state index contributed by atoms with van der Waals surface area (Å²) in [5, 5.41) is 9.11. The van der Waals surface area contributed by atoms with Gasteiger partial charge in [0.25, 0.3) is 0 Å². The average Bonchev–Trinajstić information content (AvgIpc) is 2.65. The largest absolute Gasteiger partial charge is 1.00 e. The average molecular weight is 392 g/mol. The third-order valence-electron chi connectivity index (χ3n) is 6.12.